The topological polar surface area (TPSA) is 106 Å². The van der Waals surface area contributed by atoms with Crippen LogP contribution in [0.25, 0.3) is 0 Å². The molecule has 0 fully saturated rings. The summed E-state index contributed by atoms with van der Waals surface area (Å²) in [6, 6.07) is 29.7. The molecular formula is C32H33N3O5S. The molecule has 0 saturated heterocycles. The average Bonchev–Trinajstić information content (AvgIpc) is 2.98. The van der Waals surface area contributed by atoms with Crippen molar-refractivity contribution in [3.63, 3.8) is 0 Å². The number of amides is 1. The van der Waals surface area contributed by atoms with Crippen molar-refractivity contribution >= 4 is 22.1 Å². The Labute approximate surface area is 241 Å². The predicted molar refractivity (Wildman–Crippen MR) is 160 cm³/mol. The van der Waals surface area contributed by atoms with E-state index in [4.69, 9.17) is 9.47 Å². The van der Waals surface area contributed by atoms with Gasteiger partial charge in [0.15, 0.2) is 11.5 Å². The van der Waals surface area contributed by atoms with Gasteiger partial charge in [0, 0.05) is 0 Å². The van der Waals surface area contributed by atoms with Crippen LogP contribution >= 0.6 is 0 Å². The second-order valence-electron chi connectivity index (χ2n) is 9.32. The minimum Gasteiger partial charge on any atom is -0.490 e. The van der Waals surface area contributed by atoms with Crippen LogP contribution in [0.1, 0.15) is 29.2 Å². The molecule has 212 valence electrons. The third kappa shape index (κ3) is 8.76. The molecule has 0 aliphatic rings. The smallest absolute Gasteiger partial charge is 0.258 e. The van der Waals surface area contributed by atoms with E-state index in [1.165, 1.54) is 18.3 Å². The van der Waals surface area contributed by atoms with Gasteiger partial charge in [0.05, 0.1) is 17.7 Å². The summed E-state index contributed by atoms with van der Waals surface area (Å²) >= 11 is 0. The van der Waals surface area contributed by atoms with Gasteiger partial charge in [-0.25, -0.2) is 13.8 Å². The SMILES string of the molecule is CCOc1cc(/C=N\NC(=O)[C@H](Cc2ccccc2)NS(=O)(=O)c2ccc(C)cc2)ccc1OCc1ccccc1. The normalized spacial score (nSPS) is 12.1. The third-order valence-electron chi connectivity index (χ3n) is 6.12. The molecule has 0 spiro atoms. The number of carbonyl (C=O) groups excluding carboxylic acids is 1. The Hall–Kier alpha value is -4.47. The van der Waals surface area contributed by atoms with Gasteiger partial charge in [-0.2, -0.15) is 9.82 Å². The van der Waals surface area contributed by atoms with Crippen molar-refractivity contribution in [1.29, 1.82) is 0 Å². The van der Waals surface area contributed by atoms with Gasteiger partial charge in [0.2, 0.25) is 10.0 Å². The van der Waals surface area contributed by atoms with Crippen LogP contribution in [0.2, 0.25) is 0 Å². The summed E-state index contributed by atoms with van der Waals surface area (Å²) in [6.45, 7) is 4.59. The average molecular weight is 572 g/mol. The van der Waals surface area contributed by atoms with Crippen LogP contribution in [0, 0.1) is 6.92 Å². The number of ether oxygens (including phenoxy) is 2. The zero-order valence-electron chi connectivity index (χ0n) is 23.0. The maximum atomic E-state index is 13.1. The number of benzene rings is 4. The fraction of sp³-hybridized carbons (Fsp3) is 0.188. The highest BCUT2D eigenvalue weighted by molar-refractivity contribution is 7.89. The van der Waals surface area contributed by atoms with E-state index in [9.17, 15) is 13.2 Å². The van der Waals surface area contributed by atoms with Crippen LogP contribution in [-0.2, 0) is 27.8 Å². The first-order valence-corrected chi connectivity index (χ1v) is 14.7. The van der Waals surface area contributed by atoms with Gasteiger partial charge in [-0.05, 0) is 67.3 Å². The summed E-state index contributed by atoms with van der Waals surface area (Å²) in [5, 5.41) is 4.09. The summed E-state index contributed by atoms with van der Waals surface area (Å²) < 4.78 is 40.4. The van der Waals surface area contributed by atoms with E-state index in [1.807, 2.05) is 74.5 Å². The number of hydrogen-bond acceptors (Lipinski definition) is 6. The van der Waals surface area contributed by atoms with Crippen molar-refractivity contribution in [3.05, 3.63) is 125 Å². The molecule has 4 rings (SSSR count). The number of nitrogens with one attached hydrogen (secondary N) is 2. The Morgan fingerprint density at radius 2 is 1.51 bits per heavy atom. The Morgan fingerprint density at radius 3 is 2.17 bits per heavy atom. The molecule has 1 amide bonds. The first-order valence-electron chi connectivity index (χ1n) is 13.2. The van der Waals surface area contributed by atoms with E-state index >= 15 is 0 Å². The molecule has 0 aliphatic carbocycles. The van der Waals surface area contributed by atoms with Gasteiger partial charge in [0.1, 0.15) is 12.6 Å². The summed E-state index contributed by atoms with van der Waals surface area (Å²) in [6.07, 6.45) is 1.62. The molecule has 0 heterocycles. The van der Waals surface area contributed by atoms with Gasteiger partial charge in [-0.1, -0.05) is 78.4 Å². The Morgan fingerprint density at radius 1 is 0.854 bits per heavy atom. The van der Waals surface area contributed by atoms with Crippen LogP contribution in [0.15, 0.2) is 113 Å². The van der Waals surface area contributed by atoms with Crippen LogP contribution in [0.3, 0.4) is 0 Å². The molecule has 0 bridgehead atoms. The number of rotatable bonds is 13. The molecule has 0 unspecified atom stereocenters. The fourth-order valence-electron chi connectivity index (χ4n) is 3.99. The molecule has 4 aromatic rings. The lowest BCUT2D eigenvalue weighted by Gasteiger charge is -2.17. The minimum absolute atomic E-state index is 0.0792. The first kappa shape index (κ1) is 29.5. The standard InChI is InChI=1S/C32H33N3O5S/c1-3-39-31-21-27(16-19-30(31)40-23-26-12-8-5-9-13-26)22-33-34-32(36)29(20-25-10-6-4-7-11-25)35-41(37,38)28-17-14-24(2)15-18-28/h4-19,21-22,29,35H,3,20,23H2,1-2H3,(H,34,36)/b33-22-/t29-/m0/s1. The maximum absolute atomic E-state index is 13.1. The Kier molecular flexibility index (Phi) is 10.3. The highest BCUT2D eigenvalue weighted by atomic mass is 32.2. The molecule has 1 atom stereocenters. The van der Waals surface area contributed by atoms with Gasteiger partial charge in [0.25, 0.3) is 5.91 Å². The van der Waals surface area contributed by atoms with E-state index in [1.54, 1.807) is 30.3 Å². The molecule has 0 aliphatic heterocycles. The third-order valence-corrected chi connectivity index (χ3v) is 7.61. The molecule has 9 heteroatoms. The van der Waals surface area contributed by atoms with Crippen molar-refractivity contribution in [2.24, 2.45) is 5.10 Å². The van der Waals surface area contributed by atoms with Crippen LogP contribution in [-0.4, -0.2) is 33.2 Å². The van der Waals surface area contributed by atoms with E-state index in [0.717, 1.165) is 16.7 Å². The zero-order chi connectivity index (χ0) is 29.1. The van der Waals surface area contributed by atoms with Gasteiger partial charge in [-0.15, -0.1) is 0 Å². The van der Waals surface area contributed by atoms with E-state index in [0.29, 0.717) is 30.3 Å². The van der Waals surface area contributed by atoms with E-state index < -0.39 is 22.0 Å². The summed E-state index contributed by atoms with van der Waals surface area (Å²) in [7, 11) is -3.95. The number of nitrogens with zero attached hydrogens (tertiary/aromatic N) is 1. The lowest BCUT2D eigenvalue weighted by molar-refractivity contribution is -0.122. The van der Waals surface area contributed by atoms with Crippen molar-refractivity contribution in [3.8, 4) is 11.5 Å². The summed E-state index contributed by atoms with van der Waals surface area (Å²) in [5.74, 6) is 0.547. The van der Waals surface area contributed by atoms with Crippen molar-refractivity contribution in [1.82, 2.24) is 10.1 Å². The number of sulfonamides is 1. The Balaban J connectivity index is 1.46. The number of hydrogen-bond donors (Lipinski definition) is 2. The van der Waals surface area contributed by atoms with Gasteiger partial charge in [-0.3, -0.25) is 4.79 Å². The minimum atomic E-state index is -3.95. The lowest BCUT2D eigenvalue weighted by Crippen LogP contribution is -2.46. The molecule has 0 saturated carbocycles. The summed E-state index contributed by atoms with van der Waals surface area (Å²) in [4.78, 5) is 13.2. The zero-order valence-corrected chi connectivity index (χ0v) is 23.8. The van der Waals surface area contributed by atoms with Gasteiger partial charge >= 0.3 is 0 Å². The largest absolute Gasteiger partial charge is 0.490 e. The van der Waals surface area contributed by atoms with Crippen molar-refractivity contribution in [2.75, 3.05) is 6.61 Å². The molecular weight excluding hydrogens is 538 g/mol. The molecule has 0 aromatic heterocycles. The number of hydrazone groups is 1. The number of carbonyl (C=O) groups is 1. The monoisotopic (exact) mass is 571 g/mol. The van der Waals surface area contributed by atoms with Crippen LogP contribution in [0.5, 0.6) is 11.5 Å². The van der Waals surface area contributed by atoms with Gasteiger partial charge < -0.3 is 9.47 Å². The molecule has 2 N–H and O–H groups in total. The highest BCUT2D eigenvalue weighted by Crippen LogP contribution is 2.29. The van der Waals surface area contributed by atoms with Crippen LogP contribution < -0.4 is 19.6 Å². The van der Waals surface area contributed by atoms with Crippen molar-refractivity contribution < 1.29 is 22.7 Å². The van der Waals surface area contributed by atoms with E-state index in [-0.39, 0.29) is 11.3 Å². The quantitative estimate of drug-likeness (QED) is 0.173. The number of aryl methyl sites for hydroxylation is 1. The lowest BCUT2D eigenvalue weighted by atomic mass is 10.1. The molecule has 0 radical (unpaired) electrons. The van der Waals surface area contributed by atoms with E-state index in [2.05, 4.69) is 15.2 Å². The molecule has 4 aromatic carbocycles. The molecule has 8 nitrogen and oxygen atoms in total. The second-order valence-corrected chi connectivity index (χ2v) is 11.0. The maximum Gasteiger partial charge on any atom is 0.258 e. The first-order chi connectivity index (χ1) is 19.8. The summed E-state index contributed by atoms with van der Waals surface area (Å²) in [5.41, 5.74) is 5.91. The predicted octanol–water partition coefficient (Wildman–Crippen LogP) is 5.01. The Bertz CT molecular complexity index is 1560. The van der Waals surface area contributed by atoms with Crippen molar-refractivity contribution in [2.45, 2.75) is 37.8 Å². The molecule has 41 heavy (non-hydrogen) atoms. The highest BCUT2D eigenvalue weighted by Gasteiger charge is 2.26. The second kappa shape index (κ2) is 14.2. The van der Waals surface area contributed by atoms with Crippen LogP contribution in [0.4, 0.5) is 0 Å². The fourth-order valence-corrected chi connectivity index (χ4v) is 5.18.